The van der Waals surface area contributed by atoms with Crippen molar-refractivity contribution in [2.75, 3.05) is 0 Å². The van der Waals surface area contributed by atoms with Gasteiger partial charge < -0.3 is 0 Å². The van der Waals surface area contributed by atoms with Gasteiger partial charge in [0.05, 0.1) is 11.9 Å². The Morgan fingerprint density at radius 1 is 1.07 bits per heavy atom. The molecule has 2 aromatic carbocycles. The van der Waals surface area contributed by atoms with Gasteiger partial charge in [0.25, 0.3) is 5.91 Å². The highest BCUT2D eigenvalue weighted by atomic mass is 16.2. The molecule has 5 rings (SSSR count). The standard InChI is InChI=1S/C22H17N5O/c28-22(27-24-13-14-8-10-23-11-9-14)20-12-19(25-26-20)17-7-6-16-5-4-15-2-1-3-18(17)21(15)16/h1-3,6-13H,4-5H2,(H,25,26)(H,27,28)/b24-13+. The smallest absolute Gasteiger partial charge is 0.272 e. The molecule has 1 amide bonds. The zero-order valence-electron chi connectivity index (χ0n) is 15.0. The normalized spacial score (nSPS) is 12.7. The molecule has 6 nitrogen and oxygen atoms in total. The molecule has 0 radical (unpaired) electrons. The molecule has 0 unspecified atom stereocenters. The number of pyridine rings is 1. The first-order valence-electron chi connectivity index (χ1n) is 9.12. The molecule has 4 aromatic rings. The number of hydrogen-bond acceptors (Lipinski definition) is 4. The third-order valence-electron chi connectivity index (χ3n) is 5.06. The fourth-order valence-electron chi connectivity index (χ4n) is 3.72. The Hall–Kier alpha value is -3.80. The largest absolute Gasteiger partial charge is 0.289 e. The minimum absolute atomic E-state index is 0.338. The van der Waals surface area contributed by atoms with Crippen LogP contribution in [0.5, 0.6) is 0 Å². The molecule has 2 heterocycles. The maximum Gasteiger partial charge on any atom is 0.289 e. The van der Waals surface area contributed by atoms with Crippen molar-refractivity contribution >= 4 is 22.9 Å². The van der Waals surface area contributed by atoms with Crippen molar-refractivity contribution in [3.05, 3.63) is 83.3 Å². The van der Waals surface area contributed by atoms with Gasteiger partial charge in [-0.15, -0.1) is 0 Å². The quantitative estimate of drug-likeness (QED) is 0.428. The highest BCUT2D eigenvalue weighted by molar-refractivity contribution is 6.02. The van der Waals surface area contributed by atoms with Crippen LogP contribution in [0, 0.1) is 0 Å². The monoisotopic (exact) mass is 367 g/mol. The van der Waals surface area contributed by atoms with Gasteiger partial charge in [0, 0.05) is 18.0 Å². The number of aryl methyl sites for hydroxylation is 2. The van der Waals surface area contributed by atoms with Gasteiger partial charge in [0.1, 0.15) is 5.69 Å². The third-order valence-corrected chi connectivity index (χ3v) is 5.06. The maximum absolute atomic E-state index is 12.4. The summed E-state index contributed by atoms with van der Waals surface area (Å²) in [6.45, 7) is 0. The number of rotatable bonds is 4. The highest BCUT2D eigenvalue weighted by Crippen LogP contribution is 2.36. The molecule has 2 N–H and O–H groups in total. The van der Waals surface area contributed by atoms with E-state index >= 15 is 0 Å². The van der Waals surface area contributed by atoms with E-state index in [0.29, 0.717) is 5.69 Å². The number of aromatic amines is 1. The van der Waals surface area contributed by atoms with E-state index < -0.39 is 0 Å². The molecular formula is C22H17N5O. The number of hydrazone groups is 1. The van der Waals surface area contributed by atoms with E-state index in [2.05, 4.69) is 56.0 Å². The van der Waals surface area contributed by atoms with Crippen LogP contribution >= 0.6 is 0 Å². The Morgan fingerprint density at radius 2 is 1.89 bits per heavy atom. The zero-order chi connectivity index (χ0) is 18.9. The zero-order valence-corrected chi connectivity index (χ0v) is 15.0. The summed E-state index contributed by atoms with van der Waals surface area (Å²) in [4.78, 5) is 16.3. The highest BCUT2D eigenvalue weighted by Gasteiger charge is 2.18. The van der Waals surface area contributed by atoms with Crippen LogP contribution in [0.4, 0.5) is 0 Å². The Balaban J connectivity index is 1.40. The fraction of sp³-hybridized carbons (Fsp3) is 0.0909. The van der Waals surface area contributed by atoms with Gasteiger partial charge in [-0.25, -0.2) is 5.43 Å². The lowest BCUT2D eigenvalue weighted by Gasteiger charge is -2.06. The lowest BCUT2D eigenvalue weighted by Crippen LogP contribution is -2.17. The van der Waals surface area contributed by atoms with Gasteiger partial charge in [-0.1, -0.05) is 30.3 Å². The molecule has 28 heavy (non-hydrogen) atoms. The second-order valence-corrected chi connectivity index (χ2v) is 6.76. The number of amides is 1. The molecular weight excluding hydrogens is 350 g/mol. The summed E-state index contributed by atoms with van der Waals surface area (Å²) in [6.07, 6.45) is 7.07. The van der Waals surface area contributed by atoms with Crippen molar-refractivity contribution in [2.45, 2.75) is 12.8 Å². The average molecular weight is 367 g/mol. The van der Waals surface area contributed by atoms with Gasteiger partial charge in [0.2, 0.25) is 0 Å². The van der Waals surface area contributed by atoms with E-state index in [-0.39, 0.29) is 5.91 Å². The molecule has 1 aliphatic rings. The molecule has 0 spiro atoms. The summed E-state index contributed by atoms with van der Waals surface area (Å²) in [6, 6.07) is 16.0. The van der Waals surface area contributed by atoms with E-state index in [1.807, 2.05) is 0 Å². The summed E-state index contributed by atoms with van der Waals surface area (Å²) < 4.78 is 0. The van der Waals surface area contributed by atoms with Crippen molar-refractivity contribution in [3.8, 4) is 11.3 Å². The average Bonchev–Trinajstić information content (AvgIpc) is 3.38. The van der Waals surface area contributed by atoms with Crippen LogP contribution < -0.4 is 5.43 Å². The van der Waals surface area contributed by atoms with Crippen LogP contribution in [0.1, 0.15) is 27.2 Å². The van der Waals surface area contributed by atoms with Crippen molar-refractivity contribution in [1.82, 2.24) is 20.6 Å². The predicted molar refractivity (Wildman–Crippen MR) is 108 cm³/mol. The second-order valence-electron chi connectivity index (χ2n) is 6.76. The number of nitrogens with one attached hydrogen (secondary N) is 2. The van der Waals surface area contributed by atoms with Gasteiger partial charge in [-0.05, 0) is 58.5 Å². The fourth-order valence-corrected chi connectivity index (χ4v) is 3.72. The second kappa shape index (κ2) is 6.74. The summed E-state index contributed by atoms with van der Waals surface area (Å²) in [5.41, 5.74) is 8.28. The van der Waals surface area contributed by atoms with Gasteiger partial charge in [0.15, 0.2) is 0 Å². The number of hydrogen-bond donors (Lipinski definition) is 2. The van der Waals surface area contributed by atoms with Gasteiger partial charge in [-0.3, -0.25) is 14.9 Å². The number of H-pyrrole nitrogens is 1. The minimum Gasteiger partial charge on any atom is -0.272 e. The van der Waals surface area contributed by atoms with E-state index in [0.717, 1.165) is 29.7 Å². The molecule has 0 saturated heterocycles. The number of benzene rings is 2. The molecule has 0 bridgehead atoms. The maximum atomic E-state index is 12.4. The summed E-state index contributed by atoms with van der Waals surface area (Å²) >= 11 is 0. The first kappa shape index (κ1) is 16.4. The minimum atomic E-state index is -0.338. The number of carbonyl (C=O) groups excluding carboxylic acids is 1. The molecule has 0 saturated carbocycles. The van der Waals surface area contributed by atoms with E-state index in [9.17, 15) is 4.79 Å². The molecule has 0 aliphatic heterocycles. The van der Waals surface area contributed by atoms with Crippen molar-refractivity contribution < 1.29 is 4.79 Å². The lowest BCUT2D eigenvalue weighted by molar-refractivity contribution is 0.0950. The van der Waals surface area contributed by atoms with E-state index in [1.54, 1.807) is 36.8 Å². The molecule has 136 valence electrons. The first-order chi connectivity index (χ1) is 13.8. The lowest BCUT2D eigenvalue weighted by atomic mass is 9.98. The van der Waals surface area contributed by atoms with Crippen LogP contribution in [0.3, 0.4) is 0 Å². The summed E-state index contributed by atoms with van der Waals surface area (Å²) in [5.74, 6) is -0.338. The Kier molecular flexibility index (Phi) is 3.94. The molecule has 1 aliphatic carbocycles. The van der Waals surface area contributed by atoms with Crippen molar-refractivity contribution in [3.63, 3.8) is 0 Å². The number of aromatic nitrogens is 3. The van der Waals surface area contributed by atoms with Gasteiger partial charge in [-0.2, -0.15) is 10.2 Å². The molecule has 6 heteroatoms. The van der Waals surface area contributed by atoms with E-state index in [4.69, 9.17) is 0 Å². The number of carbonyl (C=O) groups is 1. The predicted octanol–water partition coefficient (Wildman–Crippen LogP) is 3.49. The molecule has 0 atom stereocenters. The van der Waals surface area contributed by atoms with Crippen molar-refractivity contribution in [2.24, 2.45) is 5.10 Å². The van der Waals surface area contributed by atoms with Gasteiger partial charge >= 0.3 is 0 Å². The Morgan fingerprint density at radius 3 is 2.75 bits per heavy atom. The number of nitrogens with zero attached hydrogens (tertiary/aromatic N) is 3. The molecule has 0 fully saturated rings. The van der Waals surface area contributed by atoms with Crippen LogP contribution in [0.2, 0.25) is 0 Å². The Bertz CT molecular complexity index is 1200. The van der Waals surface area contributed by atoms with Crippen LogP contribution in [-0.4, -0.2) is 27.3 Å². The van der Waals surface area contributed by atoms with Crippen LogP contribution in [0.25, 0.3) is 22.0 Å². The summed E-state index contributed by atoms with van der Waals surface area (Å²) in [5, 5.41) is 13.7. The van der Waals surface area contributed by atoms with Crippen LogP contribution in [0.15, 0.2) is 66.0 Å². The Labute approximate surface area is 161 Å². The SMILES string of the molecule is O=C(N/N=C/c1ccncc1)c1cc(-c2ccc3c4c(cccc24)CC3)n[nH]1. The van der Waals surface area contributed by atoms with Crippen molar-refractivity contribution in [1.29, 1.82) is 0 Å². The summed E-state index contributed by atoms with van der Waals surface area (Å²) in [7, 11) is 0. The third kappa shape index (κ3) is 2.85. The topological polar surface area (TPSA) is 83.0 Å². The van der Waals surface area contributed by atoms with E-state index in [1.165, 1.54) is 21.9 Å². The van der Waals surface area contributed by atoms with Crippen LogP contribution in [-0.2, 0) is 12.8 Å². The first-order valence-corrected chi connectivity index (χ1v) is 9.12. The molecule has 2 aromatic heterocycles.